The molecule has 0 fully saturated rings. The molecule has 0 aliphatic carbocycles. The summed E-state index contributed by atoms with van der Waals surface area (Å²) < 4.78 is 38.4. The number of methoxy groups -OCH3 is 2. The van der Waals surface area contributed by atoms with Crippen molar-refractivity contribution in [2.24, 2.45) is 0 Å². The van der Waals surface area contributed by atoms with Crippen molar-refractivity contribution in [3.63, 3.8) is 0 Å². The molecule has 7 nitrogen and oxygen atoms in total. The Labute approximate surface area is 188 Å². The topological polar surface area (TPSA) is 76.2 Å². The maximum Gasteiger partial charge on any atom is 0.264 e. The number of para-hydroxylation sites is 1. The molecule has 0 bridgehead atoms. The fourth-order valence-corrected chi connectivity index (χ4v) is 4.65. The summed E-state index contributed by atoms with van der Waals surface area (Å²) in [5, 5.41) is 0. The average molecular weight is 455 g/mol. The van der Waals surface area contributed by atoms with E-state index in [0.29, 0.717) is 17.2 Å². The van der Waals surface area contributed by atoms with Gasteiger partial charge in [0, 0.05) is 13.6 Å². The number of likely N-dealkylation sites (N-methyl/N-ethyl adjacent to an activating group) is 1. The fraction of sp³-hybridized carbons (Fsp3) is 0.208. The van der Waals surface area contributed by atoms with Crippen molar-refractivity contribution in [1.29, 1.82) is 0 Å². The number of anilines is 1. The highest BCUT2D eigenvalue weighted by Gasteiger charge is 2.28. The molecule has 0 spiro atoms. The van der Waals surface area contributed by atoms with Gasteiger partial charge in [0.15, 0.2) is 11.5 Å². The van der Waals surface area contributed by atoms with E-state index in [1.54, 1.807) is 81.9 Å². The van der Waals surface area contributed by atoms with Crippen LogP contribution in [0.15, 0.2) is 83.8 Å². The fourth-order valence-electron chi connectivity index (χ4n) is 3.21. The van der Waals surface area contributed by atoms with Gasteiger partial charge < -0.3 is 14.4 Å². The summed E-state index contributed by atoms with van der Waals surface area (Å²) in [5.41, 5.74) is 1.25. The molecule has 0 heterocycles. The van der Waals surface area contributed by atoms with Gasteiger partial charge in [0.1, 0.15) is 6.54 Å². The second kappa shape index (κ2) is 10.2. The van der Waals surface area contributed by atoms with E-state index in [1.807, 2.05) is 6.07 Å². The van der Waals surface area contributed by atoms with Crippen LogP contribution in [-0.4, -0.2) is 47.0 Å². The van der Waals surface area contributed by atoms with E-state index in [2.05, 4.69) is 0 Å². The summed E-state index contributed by atoms with van der Waals surface area (Å²) in [5.74, 6) is 0.806. The lowest BCUT2D eigenvalue weighted by Crippen LogP contribution is -2.41. The molecule has 1 amide bonds. The molecule has 0 saturated carbocycles. The molecule has 0 radical (unpaired) electrons. The highest BCUT2D eigenvalue weighted by Crippen LogP contribution is 2.28. The van der Waals surface area contributed by atoms with Crippen LogP contribution in [0.25, 0.3) is 0 Å². The summed E-state index contributed by atoms with van der Waals surface area (Å²) in [6.45, 7) is -0.0434. The summed E-state index contributed by atoms with van der Waals surface area (Å²) >= 11 is 0. The van der Waals surface area contributed by atoms with Crippen molar-refractivity contribution in [3.8, 4) is 11.5 Å². The van der Waals surface area contributed by atoms with E-state index < -0.39 is 10.0 Å². The molecule has 3 rings (SSSR count). The van der Waals surface area contributed by atoms with Gasteiger partial charge in [-0.3, -0.25) is 9.10 Å². The van der Waals surface area contributed by atoms with Gasteiger partial charge in [-0.15, -0.1) is 0 Å². The molecule has 3 aromatic rings. The number of nitrogens with zero attached hydrogens (tertiary/aromatic N) is 2. The molecule has 0 aromatic heterocycles. The van der Waals surface area contributed by atoms with Crippen molar-refractivity contribution < 1.29 is 22.7 Å². The molecule has 0 N–H and O–H groups in total. The predicted octanol–water partition coefficient (Wildman–Crippen LogP) is 3.56. The predicted molar refractivity (Wildman–Crippen MR) is 123 cm³/mol. The van der Waals surface area contributed by atoms with Crippen LogP contribution < -0.4 is 13.8 Å². The number of ether oxygens (including phenoxy) is 2. The number of rotatable bonds is 9. The van der Waals surface area contributed by atoms with Gasteiger partial charge in [-0.1, -0.05) is 42.5 Å². The average Bonchev–Trinajstić information content (AvgIpc) is 2.83. The summed E-state index contributed by atoms with van der Waals surface area (Å²) in [6.07, 6.45) is 0. The van der Waals surface area contributed by atoms with Crippen LogP contribution in [-0.2, 0) is 21.4 Å². The standard InChI is InChI=1S/C24H26N2O5S/c1-25(17-19-14-15-22(30-2)23(16-19)31-3)24(27)18-26(20-10-6-4-7-11-20)32(28,29)21-12-8-5-9-13-21/h4-16H,17-18H2,1-3H3. The minimum atomic E-state index is -3.93. The lowest BCUT2D eigenvalue weighted by atomic mass is 10.2. The highest BCUT2D eigenvalue weighted by atomic mass is 32.2. The van der Waals surface area contributed by atoms with Gasteiger partial charge >= 0.3 is 0 Å². The van der Waals surface area contributed by atoms with E-state index in [0.717, 1.165) is 9.87 Å². The number of amides is 1. The molecule has 8 heteroatoms. The van der Waals surface area contributed by atoms with E-state index in [1.165, 1.54) is 17.0 Å². The van der Waals surface area contributed by atoms with Gasteiger partial charge in [0.2, 0.25) is 5.91 Å². The quantitative estimate of drug-likeness (QED) is 0.494. The first-order valence-corrected chi connectivity index (χ1v) is 11.4. The monoisotopic (exact) mass is 454 g/mol. The van der Waals surface area contributed by atoms with Crippen molar-refractivity contribution in [3.05, 3.63) is 84.4 Å². The lowest BCUT2D eigenvalue weighted by molar-refractivity contribution is -0.128. The molecule has 0 aliphatic heterocycles. The largest absolute Gasteiger partial charge is 0.493 e. The zero-order chi connectivity index (χ0) is 23.1. The van der Waals surface area contributed by atoms with Crippen LogP contribution in [0.4, 0.5) is 5.69 Å². The van der Waals surface area contributed by atoms with Crippen LogP contribution in [0.2, 0.25) is 0 Å². The van der Waals surface area contributed by atoms with Crippen LogP contribution in [0, 0.1) is 0 Å². The van der Waals surface area contributed by atoms with E-state index in [-0.39, 0.29) is 23.9 Å². The van der Waals surface area contributed by atoms with Crippen molar-refractivity contribution in [1.82, 2.24) is 4.90 Å². The Hall–Kier alpha value is -3.52. The van der Waals surface area contributed by atoms with E-state index in [4.69, 9.17) is 9.47 Å². The molecular formula is C24H26N2O5S. The molecular weight excluding hydrogens is 428 g/mol. The number of benzene rings is 3. The molecule has 0 atom stereocenters. The lowest BCUT2D eigenvalue weighted by Gasteiger charge is -2.27. The summed E-state index contributed by atoms with van der Waals surface area (Å²) in [7, 11) is 0.809. The Balaban J connectivity index is 1.84. The zero-order valence-corrected chi connectivity index (χ0v) is 19.1. The Kier molecular flexibility index (Phi) is 7.37. The highest BCUT2D eigenvalue weighted by molar-refractivity contribution is 7.92. The van der Waals surface area contributed by atoms with Crippen molar-refractivity contribution in [2.75, 3.05) is 32.1 Å². The number of hydrogen-bond donors (Lipinski definition) is 0. The van der Waals surface area contributed by atoms with Crippen LogP contribution in [0.5, 0.6) is 11.5 Å². The number of hydrogen-bond acceptors (Lipinski definition) is 5. The number of carbonyl (C=O) groups excluding carboxylic acids is 1. The van der Waals surface area contributed by atoms with Crippen LogP contribution >= 0.6 is 0 Å². The molecule has 3 aromatic carbocycles. The van der Waals surface area contributed by atoms with Crippen molar-refractivity contribution >= 4 is 21.6 Å². The van der Waals surface area contributed by atoms with Gasteiger partial charge in [-0.05, 0) is 42.0 Å². The first kappa shape index (κ1) is 23.1. The Bertz CT molecular complexity index is 1150. The number of sulfonamides is 1. The third-order valence-electron chi connectivity index (χ3n) is 4.95. The minimum Gasteiger partial charge on any atom is -0.493 e. The summed E-state index contributed by atoms with van der Waals surface area (Å²) in [4.78, 5) is 14.7. The Morgan fingerprint density at radius 1 is 0.844 bits per heavy atom. The van der Waals surface area contributed by atoms with Crippen LogP contribution in [0.1, 0.15) is 5.56 Å². The molecule has 0 aliphatic rings. The maximum atomic E-state index is 13.3. The van der Waals surface area contributed by atoms with Crippen LogP contribution in [0.3, 0.4) is 0 Å². The second-order valence-electron chi connectivity index (χ2n) is 7.10. The van der Waals surface area contributed by atoms with E-state index >= 15 is 0 Å². The second-order valence-corrected chi connectivity index (χ2v) is 8.96. The molecule has 0 saturated heterocycles. The van der Waals surface area contributed by atoms with Gasteiger partial charge in [-0.25, -0.2) is 8.42 Å². The normalized spacial score (nSPS) is 11.0. The minimum absolute atomic E-state index is 0.124. The summed E-state index contributed by atoms with van der Waals surface area (Å²) in [6, 6.07) is 22.1. The molecule has 32 heavy (non-hydrogen) atoms. The van der Waals surface area contributed by atoms with Gasteiger partial charge in [-0.2, -0.15) is 0 Å². The molecule has 168 valence electrons. The Morgan fingerprint density at radius 2 is 1.44 bits per heavy atom. The van der Waals surface area contributed by atoms with Gasteiger partial charge in [0.05, 0.1) is 24.8 Å². The Morgan fingerprint density at radius 3 is 2.03 bits per heavy atom. The third-order valence-corrected chi connectivity index (χ3v) is 6.74. The SMILES string of the molecule is COc1ccc(CN(C)C(=O)CN(c2ccccc2)S(=O)(=O)c2ccccc2)cc1OC. The first-order chi connectivity index (χ1) is 15.4. The third kappa shape index (κ3) is 5.20. The van der Waals surface area contributed by atoms with Crippen molar-refractivity contribution in [2.45, 2.75) is 11.4 Å². The van der Waals surface area contributed by atoms with Gasteiger partial charge in [0.25, 0.3) is 10.0 Å². The zero-order valence-electron chi connectivity index (χ0n) is 18.3. The maximum absolute atomic E-state index is 13.3. The number of carbonyl (C=O) groups is 1. The molecule has 0 unspecified atom stereocenters. The smallest absolute Gasteiger partial charge is 0.264 e. The van der Waals surface area contributed by atoms with E-state index in [9.17, 15) is 13.2 Å². The first-order valence-electron chi connectivity index (χ1n) is 9.94.